The van der Waals surface area contributed by atoms with Crippen molar-refractivity contribution in [3.63, 3.8) is 0 Å². The first-order valence-electron chi connectivity index (χ1n) is 8.51. The third kappa shape index (κ3) is 4.11. The fourth-order valence-electron chi connectivity index (χ4n) is 2.63. The van der Waals surface area contributed by atoms with Crippen LogP contribution in [0.4, 0.5) is 5.69 Å². The molecule has 0 saturated carbocycles. The highest BCUT2D eigenvalue weighted by Gasteiger charge is 2.11. The fourth-order valence-corrected chi connectivity index (χ4v) is 4.31. The van der Waals surface area contributed by atoms with E-state index in [1.807, 2.05) is 29.6 Å². The summed E-state index contributed by atoms with van der Waals surface area (Å²) in [6, 6.07) is 17.9. The van der Waals surface area contributed by atoms with Crippen molar-refractivity contribution in [1.29, 1.82) is 0 Å². The zero-order valence-corrected chi connectivity index (χ0v) is 16.3. The van der Waals surface area contributed by atoms with E-state index in [4.69, 9.17) is 0 Å². The van der Waals surface area contributed by atoms with Gasteiger partial charge in [0.2, 0.25) is 0 Å². The molecule has 0 bridgehead atoms. The maximum atomic E-state index is 12.5. The number of ketones is 1. The van der Waals surface area contributed by atoms with Gasteiger partial charge in [-0.3, -0.25) is 9.59 Å². The van der Waals surface area contributed by atoms with Crippen molar-refractivity contribution >= 4 is 50.7 Å². The van der Waals surface area contributed by atoms with Gasteiger partial charge in [0.1, 0.15) is 16.2 Å². The van der Waals surface area contributed by atoms with Crippen LogP contribution < -0.4 is 5.32 Å². The standard InChI is InChI=1S/C21H15N3O2S2/c25-18(12-28-21-17-10-11-27-20(17)22-13-23-21)14-6-8-16(9-7-14)24-19(26)15-4-2-1-3-5-15/h1-11,13H,12H2,(H,24,26). The smallest absolute Gasteiger partial charge is 0.255 e. The SMILES string of the molecule is O=C(CSc1ncnc2sccc12)c1ccc(NC(=O)c2ccccc2)cc1. The summed E-state index contributed by atoms with van der Waals surface area (Å²) in [6.07, 6.45) is 1.52. The van der Waals surface area contributed by atoms with Crippen LogP contribution >= 0.6 is 23.1 Å². The lowest BCUT2D eigenvalue weighted by molar-refractivity contribution is 0.101. The quantitative estimate of drug-likeness (QED) is 0.280. The van der Waals surface area contributed by atoms with Gasteiger partial charge in [0.15, 0.2) is 5.78 Å². The number of aromatic nitrogens is 2. The third-order valence-corrected chi connectivity index (χ3v) is 5.89. The molecule has 0 spiro atoms. The minimum atomic E-state index is -0.182. The molecule has 0 aliphatic carbocycles. The summed E-state index contributed by atoms with van der Waals surface area (Å²) in [7, 11) is 0. The van der Waals surface area contributed by atoms with Crippen molar-refractivity contribution in [2.45, 2.75) is 5.03 Å². The number of thioether (sulfide) groups is 1. The van der Waals surface area contributed by atoms with Crippen molar-refractivity contribution in [2.75, 3.05) is 11.1 Å². The molecule has 4 aromatic rings. The Morgan fingerprint density at radius 2 is 1.71 bits per heavy atom. The Labute approximate surface area is 169 Å². The Morgan fingerprint density at radius 1 is 0.929 bits per heavy atom. The van der Waals surface area contributed by atoms with E-state index >= 15 is 0 Å². The van der Waals surface area contributed by atoms with Crippen LogP contribution in [0.2, 0.25) is 0 Å². The molecule has 0 atom stereocenters. The molecule has 138 valence electrons. The number of thiophene rings is 1. The summed E-state index contributed by atoms with van der Waals surface area (Å²) < 4.78 is 0. The van der Waals surface area contributed by atoms with E-state index in [1.54, 1.807) is 47.7 Å². The van der Waals surface area contributed by atoms with E-state index in [0.29, 0.717) is 16.8 Å². The minimum absolute atomic E-state index is 0.00734. The minimum Gasteiger partial charge on any atom is -0.322 e. The molecule has 7 heteroatoms. The summed E-state index contributed by atoms with van der Waals surface area (Å²) in [5.41, 5.74) is 1.83. The van der Waals surface area contributed by atoms with Crippen molar-refractivity contribution < 1.29 is 9.59 Å². The van der Waals surface area contributed by atoms with Crippen molar-refractivity contribution in [3.8, 4) is 0 Å². The fraction of sp³-hybridized carbons (Fsp3) is 0.0476. The van der Waals surface area contributed by atoms with Gasteiger partial charge in [0, 0.05) is 22.2 Å². The van der Waals surface area contributed by atoms with Gasteiger partial charge in [0.05, 0.1) is 5.75 Å². The summed E-state index contributed by atoms with van der Waals surface area (Å²) in [5.74, 6) is 0.115. The number of hydrogen-bond acceptors (Lipinski definition) is 6. The number of anilines is 1. The normalized spacial score (nSPS) is 10.7. The van der Waals surface area contributed by atoms with Gasteiger partial charge < -0.3 is 5.32 Å². The molecule has 0 aliphatic rings. The molecule has 0 fully saturated rings. The highest BCUT2D eigenvalue weighted by Crippen LogP contribution is 2.28. The first-order chi connectivity index (χ1) is 13.7. The number of fused-ring (bicyclic) bond motifs is 1. The van der Waals surface area contributed by atoms with Gasteiger partial charge in [-0.2, -0.15) is 0 Å². The number of hydrogen-bond donors (Lipinski definition) is 1. The summed E-state index contributed by atoms with van der Waals surface area (Å²) in [5, 5.41) is 6.58. The van der Waals surface area contributed by atoms with Gasteiger partial charge in [-0.05, 0) is 47.8 Å². The number of nitrogens with one attached hydrogen (secondary N) is 1. The second-order valence-corrected chi connectivity index (χ2v) is 7.79. The van der Waals surface area contributed by atoms with Crippen LogP contribution in [0.25, 0.3) is 10.2 Å². The third-order valence-electron chi connectivity index (χ3n) is 4.07. The van der Waals surface area contributed by atoms with E-state index in [-0.39, 0.29) is 17.4 Å². The first-order valence-corrected chi connectivity index (χ1v) is 10.4. The number of carbonyl (C=O) groups is 2. The van der Waals surface area contributed by atoms with E-state index in [9.17, 15) is 9.59 Å². The van der Waals surface area contributed by atoms with Gasteiger partial charge in [-0.25, -0.2) is 9.97 Å². The molecule has 2 heterocycles. The summed E-state index contributed by atoms with van der Waals surface area (Å²) in [6.45, 7) is 0. The van der Waals surface area contributed by atoms with Crippen LogP contribution in [0.1, 0.15) is 20.7 Å². The van der Waals surface area contributed by atoms with E-state index in [1.165, 1.54) is 18.1 Å². The number of nitrogens with zero attached hydrogens (tertiary/aromatic N) is 2. The Morgan fingerprint density at radius 3 is 2.50 bits per heavy atom. The number of carbonyl (C=O) groups excluding carboxylic acids is 2. The van der Waals surface area contributed by atoms with Crippen molar-refractivity contribution in [3.05, 3.63) is 83.5 Å². The lowest BCUT2D eigenvalue weighted by Gasteiger charge is -2.06. The van der Waals surface area contributed by atoms with Gasteiger partial charge in [-0.1, -0.05) is 30.0 Å². The average Bonchev–Trinajstić information content (AvgIpc) is 3.22. The largest absolute Gasteiger partial charge is 0.322 e. The number of rotatable bonds is 6. The van der Waals surface area contributed by atoms with E-state index < -0.39 is 0 Å². The molecule has 1 N–H and O–H groups in total. The number of amides is 1. The second-order valence-electron chi connectivity index (χ2n) is 5.93. The van der Waals surface area contributed by atoms with E-state index in [2.05, 4.69) is 15.3 Å². The molecule has 0 aliphatic heterocycles. The Kier molecular flexibility index (Phi) is 5.45. The second kappa shape index (κ2) is 8.33. The van der Waals surface area contributed by atoms with Gasteiger partial charge in [-0.15, -0.1) is 11.3 Å². The van der Waals surface area contributed by atoms with Crippen LogP contribution in [-0.2, 0) is 0 Å². The molecule has 1 amide bonds. The van der Waals surface area contributed by atoms with Gasteiger partial charge >= 0.3 is 0 Å². The summed E-state index contributed by atoms with van der Waals surface area (Å²) >= 11 is 2.96. The molecule has 5 nitrogen and oxygen atoms in total. The molecule has 0 saturated heterocycles. The monoisotopic (exact) mass is 405 g/mol. The van der Waals surface area contributed by atoms with E-state index in [0.717, 1.165) is 15.2 Å². The molecule has 28 heavy (non-hydrogen) atoms. The zero-order valence-electron chi connectivity index (χ0n) is 14.7. The Bertz CT molecular complexity index is 1130. The van der Waals surface area contributed by atoms with Crippen LogP contribution in [0.15, 0.2) is 77.4 Å². The van der Waals surface area contributed by atoms with Gasteiger partial charge in [0.25, 0.3) is 5.91 Å². The molecular weight excluding hydrogens is 390 g/mol. The zero-order chi connectivity index (χ0) is 19.3. The maximum Gasteiger partial charge on any atom is 0.255 e. The Balaban J connectivity index is 1.39. The first kappa shape index (κ1) is 18.3. The maximum absolute atomic E-state index is 12.5. The lowest BCUT2D eigenvalue weighted by atomic mass is 10.1. The van der Waals surface area contributed by atoms with Crippen LogP contribution in [0, 0.1) is 0 Å². The molecular formula is C21H15N3O2S2. The predicted octanol–water partition coefficient (Wildman–Crippen LogP) is 4.92. The molecule has 0 unspecified atom stereocenters. The van der Waals surface area contributed by atoms with Crippen LogP contribution in [0.5, 0.6) is 0 Å². The predicted molar refractivity (Wildman–Crippen MR) is 113 cm³/mol. The van der Waals surface area contributed by atoms with Crippen molar-refractivity contribution in [1.82, 2.24) is 9.97 Å². The Hall–Kier alpha value is -3.03. The number of benzene rings is 2. The molecule has 0 radical (unpaired) electrons. The van der Waals surface area contributed by atoms with Crippen LogP contribution in [-0.4, -0.2) is 27.4 Å². The molecule has 2 aromatic carbocycles. The molecule has 4 rings (SSSR count). The van der Waals surface area contributed by atoms with Crippen molar-refractivity contribution in [2.24, 2.45) is 0 Å². The number of Topliss-reactive ketones (excluding diaryl/α,β-unsaturated/α-hetero) is 1. The molecule has 2 aromatic heterocycles. The lowest BCUT2D eigenvalue weighted by Crippen LogP contribution is -2.11. The average molecular weight is 406 g/mol. The van der Waals surface area contributed by atoms with Crippen LogP contribution in [0.3, 0.4) is 0 Å². The highest BCUT2D eigenvalue weighted by molar-refractivity contribution is 8.00. The summed E-state index contributed by atoms with van der Waals surface area (Å²) in [4.78, 5) is 34.1. The topological polar surface area (TPSA) is 72.0 Å². The highest BCUT2D eigenvalue weighted by atomic mass is 32.2.